The van der Waals surface area contributed by atoms with Crippen LogP contribution in [-0.4, -0.2) is 37.3 Å². The third kappa shape index (κ3) is 4.67. The zero-order valence-electron chi connectivity index (χ0n) is 13.0. The van der Waals surface area contributed by atoms with Gasteiger partial charge in [0, 0.05) is 31.0 Å². The molecule has 0 atom stereocenters. The van der Waals surface area contributed by atoms with Crippen LogP contribution in [0.25, 0.3) is 0 Å². The van der Waals surface area contributed by atoms with Crippen LogP contribution < -0.4 is 9.80 Å². The quantitative estimate of drug-likeness (QED) is 0.745. The number of aryl methyl sites for hydroxylation is 1. The molecular formula is C16H23N3O2. The number of benzene rings is 1. The number of nitriles is 1. The number of hydrogen-bond donors (Lipinski definition) is 1. The molecular weight excluding hydrogens is 266 g/mol. The average Bonchev–Trinajstić information content (AvgIpc) is 2.45. The van der Waals surface area contributed by atoms with Crippen molar-refractivity contribution in [2.75, 3.05) is 36.0 Å². The third-order valence-corrected chi connectivity index (χ3v) is 3.51. The molecule has 21 heavy (non-hydrogen) atoms. The number of carboxylic acid groups (broad SMARTS) is 1. The van der Waals surface area contributed by atoms with E-state index in [2.05, 4.69) is 30.9 Å². The SMILES string of the molecule is CCN(CC)c1ccc(N(CC#N)CCC(=O)O)c(C)c1. The highest BCUT2D eigenvalue weighted by molar-refractivity contribution is 5.68. The summed E-state index contributed by atoms with van der Waals surface area (Å²) in [7, 11) is 0. The van der Waals surface area contributed by atoms with Crippen molar-refractivity contribution in [1.82, 2.24) is 0 Å². The zero-order chi connectivity index (χ0) is 15.8. The lowest BCUT2D eigenvalue weighted by Gasteiger charge is -2.26. The molecule has 0 aliphatic carbocycles. The van der Waals surface area contributed by atoms with Crippen LogP contribution in [0, 0.1) is 18.3 Å². The van der Waals surface area contributed by atoms with Gasteiger partial charge in [0.05, 0.1) is 12.5 Å². The van der Waals surface area contributed by atoms with E-state index < -0.39 is 5.97 Å². The van der Waals surface area contributed by atoms with E-state index in [1.54, 1.807) is 0 Å². The van der Waals surface area contributed by atoms with Gasteiger partial charge in [0.1, 0.15) is 6.54 Å². The van der Waals surface area contributed by atoms with Crippen LogP contribution in [-0.2, 0) is 4.79 Å². The van der Waals surface area contributed by atoms with Crippen LogP contribution in [0.4, 0.5) is 11.4 Å². The summed E-state index contributed by atoms with van der Waals surface area (Å²) in [4.78, 5) is 14.8. The monoisotopic (exact) mass is 289 g/mol. The van der Waals surface area contributed by atoms with E-state index in [1.165, 1.54) is 0 Å². The molecule has 1 rings (SSSR count). The molecule has 5 nitrogen and oxygen atoms in total. The topological polar surface area (TPSA) is 67.6 Å². The summed E-state index contributed by atoms with van der Waals surface area (Å²) in [5.41, 5.74) is 3.13. The van der Waals surface area contributed by atoms with E-state index in [9.17, 15) is 4.79 Å². The fourth-order valence-electron chi connectivity index (χ4n) is 2.38. The third-order valence-electron chi connectivity index (χ3n) is 3.51. The Kier molecular flexibility index (Phi) is 6.54. The molecule has 114 valence electrons. The van der Waals surface area contributed by atoms with Crippen LogP contribution in [0.5, 0.6) is 0 Å². The molecule has 0 unspecified atom stereocenters. The predicted octanol–water partition coefficient (Wildman–Crippen LogP) is 2.65. The van der Waals surface area contributed by atoms with Crippen molar-refractivity contribution in [3.05, 3.63) is 23.8 Å². The van der Waals surface area contributed by atoms with Crippen molar-refractivity contribution in [3.63, 3.8) is 0 Å². The first kappa shape index (κ1) is 16.8. The number of aliphatic carboxylic acids is 1. The number of carbonyl (C=O) groups is 1. The number of anilines is 2. The summed E-state index contributed by atoms with van der Waals surface area (Å²) in [6, 6.07) is 8.19. The fraction of sp³-hybridized carbons (Fsp3) is 0.500. The minimum atomic E-state index is -0.852. The molecule has 1 aromatic rings. The van der Waals surface area contributed by atoms with Gasteiger partial charge in [-0.05, 0) is 44.5 Å². The van der Waals surface area contributed by atoms with Crippen molar-refractivity contribution in [2.45, 2.75) is 27.2 Å². The number of rotatable bonds is 8. The minimum absolute atomic E-state index is 0.0267. The number of carboxylic acids is 1. The Morgan fingerprint density at radius 3 is 2.43 bits per heavy atom. The van der Waals surface area contributed by atoms with Crippen molar-refractivity contribution in [1.29, 1.82) is 5.26 Å². The largest absolute Gasteiger partial charge is 0.481 e. The molecule has 0 aliphatic heterocycles. The van der Waals surface area contributed by atoms with Crippen molar-refractivity contribution >= 4 is 17.3 Å². The molecule has 0 saturated heterocycles. The first-order valence-corrected chi connectivity index (χ1v) is 7.22. The highest BCUT2D eigenvalue weighted by Gasteiger charge is 2.12. The Balaban J connectivity index is 2.99. The molecule has 5 heteroatoms. The zero-order valence-corrected chi connectivity index (χ0v) is 13.0. The Hall–Kier alpha value is -2.22. The van der Waals surface area contributed by atoms with Gasteiger partial charge in [-0.25, -0.2) is 0 Å². The molecule has 0 aromatic heterocycles. The fourth-order valence-corrected chi connectivity index (χ4v) is 2.38. The molecule has 0 amide bonds. The Bertz CT molecular complexity index is 519. The Morgan fingerprint density at radius 1 is 1.29 bits per heavy atom. The minimum Gasteiger partial charge on any atom is -0.481 e. The van der Waals surface area contributed by atoms with Gasteiger partial charge >= 0.3 is 5.97 Å². The molecule has 0 bridgehead atoms. The summed E-state index contributed by atoms with van der Waals surface area (Å²) >= 11 is 0. The smallest absolute Gasteiger partial charge is 0.305 e. The summed E-state index contributed by atoms with van der Waals surface area (Å²) in [6.45, 7) is 8.64. The second kappa shape index (κ2) is 8.15. The van der Waals surface area contributed by atoms with Crippen LogP contribution in [0.2, 0.25) is 0 Å². The summed E-state index contributed by atoms with van der Waals surface area (Å²) in [5, 5.41) is 17.7. The van der Waals surface area contributed by atoms with Gasteiger partial charge in [0.2, 0.25) is 0 Å². The average molecular weight is 289 g/mol. The van der Waals surface area contributed by atoms with Crippen molar-refractivity contribution in [3.8, 4) is 6.07 Å². The van der Waals surface area contributed by atoms with Crippen LogP contribution in [0.15, 0.2) is 18.2 Å². The Morgan fingerprint density at radius 2 is 1.95 bits per heavy atom. The van der Waals surface area contributed by atoms with Gasteiger partial charge in [0.15, 0.2) is 0 Å². The van der Waals surface area contributed by atoms with E-state index in [4.69, 9.17) is 10.4 Å². The molecule has 0 spiro atoms. The van der Waals surface area contributed by atoms with E-state index in [-0.39, 0.29) is 13.0 Å². The van der Waals surface area contributed by atoms with Crippen LogP contribution in [0.1, 0.15) is 25.8 Å². The summed E-state index contributed by atoms with van der Waals surface area (Å²) in [5.74, 6) is -0.852. The first-order valence-electron chi connectivity index (χ1n) is 7.22. The molecule has 0 saturated carbocycles. The molecule has 1 aromatic carbocycles. The normalized spacial score (nSPS) is 10.0. The standard InChI is InChI=1S/C16H23N3O2/c1-4-18(5-2)14-6-7-15(13(3)12-14)19(11-9-17)10-8-16(20)21/h6-7,12H,4-5,8,10-11H2,1-3H3,(H,20,21). The highest BCUT2D eigenvalue weighted by atomic mass is 16.4. The summed E-state index contributed by atoms with van der Waals surface area (Å²) in [6.07, 6.45) is 0.0267. The summed E-state index contributed by atoms with van der Waals surface area (Å²) < 4.78 is 0. The van der Waals surface area contributed by atoms with E-state index in [0.717, 1.165) is 30.0 Å². The number of hydrogen-bond acceptors (Lipinski definition) is 4. The van der Waals surface area contributed by atoms with Crippen molar-refractivity contribution in [2.24, 2.45) is 0 Å². The highest BCUT2D eigenvalue weighted by Crippen LogP contribution is 2.25. The molecule has 0 fully saturated rings. The van der Waals surface area contributed by atoms with E-state index in [0.29, 0.717) is 6.54 Å². The molecule has 1 N–H and O–H groups in total. The van der Waals surface area contributed by atoms with Gasteiger partial charge in [-0.3, -0.25) is 4.79 Å². The van der Waals surface area contributed by atoms with Gasteiger partial charge in [-0.1, -0.05) is 0 Å². The first-order chi connectivity index (χ1) is 10.0. The van der Waals surface area contributed by atoms with Crippen LogP contribution in [0.3, 0.4) is 0 Å². The van der Waals surface area contributed by atoms with E-state index >= 15 is 0 Å². The van der Waals surface area contributed by atoms with E-state index in [1.807, 2.05) is 24.0 Å². The maximum absolute atomic E-state index is 10.7. The number of nitrogens with zero attached hydrogens (tertiary/aromatic N) is 3. The van der Waals surface area contributed by atoms with Crippen LogP contribution >= 0.6 is 0 Å². The van der Waals surface area contributed by atoms with Gasteiger partial charge < -0.3 is 14.9 Å². The lowest BCUT2D eigenvalue weighted by atomic mass is 10.1. The van der Waals surface area contributed by atoms with Gasteiger partial charge in [-0.15, -0.1) is 0 Å². The van der Waals surface area contributed by atoms with Gasteiger partial charge in [0.25, 0.3) is 0 Å². The second-order valence-electron chi connectivity index (χ2n) is 4.87. The molecule has 0 aliphatic rings. The van der Waals surface area contributed by atoms with Crippen molar-refractivity contribution < 1.29 is 9.90 Å². The maximum Gasteiger partial charge on any atom is 0.305 e. The second-order valence-corrected chi connectivity index (χ2v) is 4.87. The predicted molar refractivity (Wildman–Crippen MR) is 84.8 cm³/mol. The maximum atomic E-state index is 10.7. The molecule has 0 heterocycles. The Labute approximate surface area is 126 Å². The van der Waals surface area contributed by atoms with Gasteiger partial charge in [-0.2, -0.15) is 5.26 Å². The lowest BCUT2D eigenvalue weighted by molar-refractivity contribution is -0.136. The molecule has 0 radical (unpaired) electrons. The lowest BCUT2D eigenvalue weighted by Crippen LogP contribution is -2.27.